The lowest BCUT2D eigenvalue weighted by atomic mass is 10.1. The molecule has 0 bridgehead atoms. The van der Waals surface area contributed by atoms with Crippen LogP contribution in [0.4, 0.5) is 0 Å². The number of fused-ring (bicyclic) bond motifs is 1. The van der Waals surface area contributed by atoms with E-state index in [-0.39, 0.29) is 23.4 Å². The number of allylic oxidation sites excluding steroid dienone is 1. The zero-order valence-corrected chi connectivity index (χ0v) is 9.44. The van der Waals surface area contributed by atoms with Gasteiger partial charge in [0.05, 0.1) is 18.2 Å². The van der Waals surface area contributed by atoms with Crippen LogP contribution < -0.4 is 0 Å². The first-order valence-corrected chi connectivity index (χ1v) is 5.73. The molecule has 6 nitrogen and oxygen atoms in total. The minimum absolute atomic E-state index is 0.0436. The maximum absolute atomic E-state index is 11.3. The molecule has 0 radical (unpaired) electrons. The summed E-state index contributed by atoms with van der Waals surface area (Å²) in [5, 5.41) is 17.3. The van der Waals surface area contributed by atoms with Gasteiger partial charge in [-0.15, -0.1) is 0 Å². The number of hydrogen-bond donors (Lipinski definition) is 2. The predicted molar refractivity (Wildman–Crippen MR) is 58.9 cm³/mol. The summed E-state index contributed by atoms with van der Waals surface area (Å²) >= 11 is 1.28. The average molecular weight is 255 g/mol. The Morgan fingerprint density at radius 3 is 2.71 bits per heavy atom. The smallest absolute Gasteiger partial charge is 0.353 e. The highest BCUT2D eigenvalue weighted by Gasteiger charge is 2.47. The van der Waals surface area contributed by atoms with Crippen molar-refractivity contribution in [3.05, 3.63) is 22.8 Å². The van der Waals surface area contributed by atoms with Crippen LogP contribution in [0.25, 0.3) is 0 Å². The number of carboxylic acids is 2. The molecule has 2 aliphatic heterocycles. The Balaban J connectivity index is 2.20. The minimum Gasteiger partial charge on any atom is -0.481 e. The molecule has 0 aromatic rings. The molecule has 1 fully saturated rings. The largest absolute Gasteiger partial charge is 0.481 e. The second kappa shape index (κ2) is 4.25. The summed E-state index contributed by atoms with van der Waals surface area (Å²) in [6, 6.07) is 0. The van der Waals surface area contributed by atoms with Crippen molar-refractivity contribution in [2.45, 2.75) is 18.2 Å². The molecule has 1 atom stereocenters. The number of amides is 1. The number of carbonyl (C=O) groups excluding carboxylic acids is 1. The SMILES string of the molecule is O=C(O)C/C=C/C1=C(C(=O)O)N2C(=O)C[C@@H]2S1. The van der Waals surface area contributed by atoms with Crippen LogP contribution in [-0.2, 0) is 14.4 Å². The molecular weight excluding hydrogens is 246 g/mol. The average Bonchev–Trinajstić information content (AvgIpc) is 2.50. The fraction of sp³-hybridized carbons (Fsp3) is 0.300. The van der Waals surface area contributed by atoms with Crippen molar-refractivity contribution < 1.29 is 24.6 Å². The molecular formula is C10H9NO5S. The monoisotopic (exact) mass is 255 g/mol. The van der Waals surface area contributed by atoms with Crippen LogP contribution in [0.2, 0.25) is 0 Å². The number of nitrogens with zero attached hydrogens (tertiary/aromatic N) is 1. The molecule has 2 aliphatic rings. The first-order valence-electron chi connectivity index (χ1n) is 4.85. The van der Waals surface area contributed by atoms with E-state index in [0.717, 1.165) is 0 Å². The zero-order chi connectivity index (χ0) is 12.6. The highest BCUT2D eigenvalue weighted by atomic mass is 32.2. The second-order valence-electron chi connectivity index (χ2n) is 3.56. The molecule has 0 unspecified atom stereocenters. The summed E-state index contributed by atoms with van der Waals surface area (Å²) < 4.78 is 0. The normalized spacial score (nSPS) is 22.9. The molecule has 0 aromatic heterocycles. The van der Waals surface area contributed by atoms with Gasteiger partial charge in [-0.25, -0.2) is 4.79 Å². The predicted octanol–water partition coefficient (Wildman–Crippen LogP) is 0.619. The first kappa shape index (κ1) is 11.7. The Morgan fingerprint density at radius 2 is 2.18 bits per heavy atom. The van der Waals surface area contributed by atoms with Crippen LogP contribution in [-0.4, -0.2) is 38.3 Å². The molecule has 2 rings (SSSR count). The van der Waals surface area contributed by atoms with Crippen molar-refractivity contribution >= 4 is 29.6 Å². The van der Waals surface area contributed by atoms with E-state index in [1.54, 1.807) is 0 Å². The molecule has 0 aromatic carbocycles. The summed E-state index contributed by atoms with van der Waals surface area (Å²) in [5.74, 6) is -2.36. The van der Waals surface area contributed by atoms with Crippen LogP contribution >= 0.6 is 11.8 Å². The van der Waals surface area contributed by atoms with E-state index >= 15 is 0 Å². The number of thioether (sulfide) groups is 1. The van der Waals surface area contributed by atoms with Crippen LogP contribution in [0, 0.1) is 0 Å². The Kier molecular flexibility index (Phi) is 2.93. The maximum Gasteiger partial charge on any atom is 0.353 e. The number of carbonyl (C=O) groups is 3. The van der Waals surface area contributed by atoms with Gasteiger partial charge in [0.2, 0.25) is 5.91 Å². The number of β-lactam (4-membered cyclic amide) rings is 1. The summed E-state index contributed by atoms with van der Waals surface area (Å²) in [5.41, 5.74) is -0.0436. The molecule has 2 N–H and O–H groups in total. The molecule has 0 saturated carbocycles. The van der Waals surface area contributed by atoms with Gasteiger partial charge in [-0.3, -0.25) is 14.5 Å². The van der Waals surface area contributed by atoms with E-state index in [0.29, 0.717) is 11.3 Å². The van der Waals surface area contributed by atoms with E-state index in [1.165, 1.54) is 28.8 Å². The van der Waals surface area contributed by atoms with Crippen molar-refractivity contribution in [2.75, 3.05) is 0 Å². The van der Waals surface area contributed by atoms with Gasteiger partial charge in [0.25, 0.3) is 0 Å². The van der Waals surface area contributed by atoms with E-state index < -0.39 is 11.9 Å². The number of carboxylic acid groups (broad SMARTS) is 2. The van der Waals surface area contributed by atoms with Crippen LogP contribution in [0.15, 0.2) is 22.8 Å². The van der Waals surface area contributed by atoms with Crippen LogP contribution in [0.5, 0.6) is 0 Å². The topological polar surface area (TPSA) is 94.9 Å². The van der Waals surface area contributed by atoms with Gasteiger partial charge in [0.15, 0.2) is 0 Å². The molecule has 90 valence electrons. The van der Waals surface area contributed by atoms with Crippen molar-refractivity contribution in [3.8, 4) is 0 Å². The summed E-state index contributed by atoms with van der Waals surface area (Å²) in [7, 11) is 0. The lowest BCUT2D eigenvalue weighted by molar-refractivity contribution is -0.145. The Morgan fingerprint density at radius 1 is 1.47 bits per heavy atom. The lowest BCUT2D eigenvalue weighted by Gasteiger charge is -2.33. The van der Waals surface area contributed by atoms with Gasteiger partial charge in [-0.2, -0.15) is 0 Å². The third-order valence-corrected chi connectivity index (χ3v) is 3.64. The lowest BCUT2D eigenvalue weighted by Crippen LogP contribution is -2.48. The standard InChI is InChI=1S/C10H9NO5S/c12-6-4-7-11(6)9(10(15)16)5(17-7)2-1-3-8(13)14/h1-2,7H,3-4H2,(H,13,14)(H,15,16)/b2-1+/t7-/m0/s1. The van der Waals surface area contributed by atoms with Gasteiger partial charge in [-0.05, 0) is 6.08 Å². The Hall–Kier alpha value is -1.76. The fourth-order valence-electron chi connectivity index (χ4n) is 1.66. The van der Waals surface area contributed by atoms with Gasteiger partial charge in [0.1, 0.15) is 5.70 Å². The highest BCUT2D eigenvalue weighted by molar-refractivity contribution is 8.04. The summed E-state index contributed by atoms with van der Waals surface area (Å²) in [6.45, 7) is 0. The number of rotatable bonds is 4. The van der Waals surface area contributed by atoms with Crippen molar-refractivity contribution in [3.63, 3.8) is 0 Å². The van der Waals surface area contributed by atoms with E-state index in [1.807, 2.05) is 0 Å². The third-order valence-electron chi connectivity index (χ3n) is 2.41. The minimum atomic E-state index is -1.16. The van der Waals surface area contributed by atoms with Crippen molar-refractivity contribution in [1.29, 1.82) is 0 Å². The zero-order valence-electron chi connectivity index (χ0n) is 8.62. The fourth-order valence-corrected chi connectivity index (χ4v) is 2.98. The Bertz CT molecular complexity index is 467. The van der Waals surface area contributed by atoms with Crippen molar-refractivity contribution in [2.24, 2.45) is 0 Å². The van der Waals surface area contributed by atoms with E-state index in [9.17, 15) is 14.4 Å². The second-order valence-corrected chi connectivity index (χ2v) is 4.78. The van der Waals surface area contributed by atoms with Crippen molar-refractivity contribution in [1.82, 2.24) is 4.90 Å². The molecule has 1 amide bonds. The van der Waals surface area contributed by atoms with Crippen LogP contribution in [0.3, 0.4) is 0 Å². The molecule has 17 heavy (non-hydrogen) atoms. The Labute approximate surface area is 101 Å². The number of hydrogen-bond acceptors (Lipinski definition) is 4. The summed E-state index contributed by atoms with van der Waals surface area (Å²) in [6.07, 6.45) is 2.99. The van der Waals surface area contributed by atoms with Gasteiger partial charge in [0, 0.05) is 4.91 Å². The molecule has 7 heteroatoms. The van der Waals surface area contributed by atoms with Crippen LogP contribution in [0.1, 0.15) is 12.8 Å². The van der Waals surface area contributed by atoms with Gasteiger partial charge < -0.3 is 10.2 Å². The molecule has 1 saturated heterocycles. The highest BCUT2D eigenvalue weighted by Crippen LogP contribution is 2.46. The third kappa shape index (κ3) is 2.05. The number of aliphatic carboxylic acids is 2. The van der Waals surface area contributed by atoms with Gasteiger partial charge in [-0.1, -0.05) is 17.8 Å². The summed E-state index contributed by atoms with van der Waals surface area (Å²) in [4.78, 5) is 34.3. The molecule has 2 heterocycles. The first-order chi connectivity index (χ1) is 8.00. The van der Waals surface area contributed by atoms with Gasteiger partial charge >= 0.3 is 11.9 Å². The van der Waals surface area contributed by atoms with E-state index in [2.05, 4.69) is 0 Å². The molecule has 0 spiro atoms. The quantitative estimate of drug-likeness (QED) is 0.715. The maximum atomic E-state index is 11.3. The molecule has 0 aliphatic carbocycles. The van der Waals surface area contributed by atoms with E-state index in [4.69, 9.17) is 10.2 Å².